The van der Waals surface area contributed by atoms with Crippen LogP contribution in [0.3, 0.4) is 0 Å². The summed E-state index contributed by atoms with van der Waals surface area (Å²) in [5.41, 5.74) is 2.46. The first-order valence-corrected chi connectivity index (χ1v) is 8.99. The first kappa shape index (κ1) is 14.7. The highest BCUT2D eigenvalue weighted by Crippen LogP contribution is 2.26. The average molecular weight is 301 g/mol. The second-order valence-corrected chi connectivity index (χ2v) is 6.85. The second kappa shape index (κ2) is 7.14. The molecule has 0 bridgehead atoms. The third-order valence-electron chi connectivity index (χ3n) is 4.31. The van der Waals surface area contributed by atoms with Crippen LogP contribution < -0.4 is 5.32 Å². The number of thioether (sulfide) groups is 1. The largest absolute Gasteiger partial charge is 0.310 e. The molecular formula is C17H23N3S. The lowest BCUT2D eigenvalue weighted by molar-refractivity contribution is 0.379. The van der Waals surface area contributed by atoms with Crippen LogP contribution in [0.4, 0.5) is 0 Å². The Morgan fingerprint density at radius 2 is 1.95 bits per heavy atom. The van der Waals surface area contributed by atoms with E-state index in [1.54, 1.807) is 6.20 Å². The highest BCUT2D eigenvalue weighted by atomic mass is 32.2. The molecule has 0 unspecified atom stereocenters. The van der Waals surface area contributed by atoms with Crippen molar-refractivity contribution in [3.63, 3.8) is 0 Å². The van der Waals surface area contributed by atoms with Crippen LogP contribution in [0.1, 0.15) is 31.2 Å². The minimum absolute atomic E-state index is 0.694. The smallest absolute Gasteiger partial charge is 0.0645 e. The van der Waals surface area contributed by atoms with E-state index in [0.717, 1.165) is 17.5 Å². The van der Waals surface area contributed by atoms with E-state index >= 15 is 0 Å². The second-order valence-electron chi connectivity index (χ2n) is 5.71. The lowest BCUT2D eigenvalue weighted by atomic mass is 9.95. The molecule has 3 rings (SSSR count). The molecule has 0 aliphatic heterocycles. The monoisotopic (exact) mass is 301 g/mol. The van der Waals surface area contributed by atoms with E-state index in [0.29, 0.717) is 6.04 Å². The maximum absolute atomic E-state index is 4.25. The molecule has 21 heavy (non-hydrogen) atoms. The Bertz CT molecular complexity index is 528. The van der Waals surface area contributed by atoms with Crippen molar-refractivity contribution in [3.05, 3.63) is 48.3 Å². The molecule has 0 atom stereocenters. The molecule has 0 saturated heterocycles. The van der Waals surface area contributed by atoms with Crippen LogP contribution in [-0.2, 0) is 6.54 Å². The van der Waals surface area contributed by atoms with Crippen molar-refractivity contribution >= 4 is 11.8 Å². The maximum atomic E-state index is 4.25. The molecule has 112 valence electrons. The van der Waals surface area contributed by atoms with Gasteiger partial charge in [-0.25, -0.2) is 4.68 Å². The van der Waals surface area contributed by atoms with E-state index in [2.05, 4.69) is 40.9 Å². The van der Waals surface area contributed by atoms with Gasteiger partial charge in [0, 0.05) is 30.2 Å². The van der Waals surface area contributed by atoms with E-state index in [4.69, 9.17) is 0 Å². The molecule has 2 aromatic rings. The Hall–Kier alpha value is -1.26. The van der Waals surface area contributed by atoms with Gasteiger partial charge in [-0.05, 0) is 55.7 Å². The van der Waals surface area contributed by atoms with Gasteiger partial charge in [0.1, 0.15) is 0 Å². The molecule has 1 N–H and O–H groups in total. The average Bonchev–Trinajstić information content (AvgIpc) is 3.08. The molecule has 3 nitrogen and oxygen atoms in total. The van der Waals surface area contributed by atoms with Gasteiger partial charge in [-0.1, -0.05) is 12.1 Å². The first-order chi connectivity index (χ1) is 10.3. The summed E-state index contributed by atoms with van der Waals surface area (Å²) in [6, 6.07) is 11.3. The molecule has 0 spiro atoms. The zero-order valence-electron chi connectivity index (χ0n) is 12.5. The quantitative estimate of drug-likeness (QED) is 0.914. The molecular weight excluding hydrogens is 278 g/mol. The summed E-state index contributed by atoms with van der Waals surface area (Å²) >= 11 is 2.03. The fourth-order valence-electron chi connectivity index (χ4n) is 2.95. The minimum atomic E-state index is 0.694. The van der Waals surface area contributed by atoms with Crippen LogP contribution in [0.5, 0.6) is 0 Å². The van der Waals surface area contributed by atoms with Crippen LogP contribution >= 0.6 is 11.8 Å². The van der Waals surface area contributed by atoms with Gasteiger partial charge in [-0.15, -0.1) is 0 Å². The van der Waals surface area contributed by atoms with Gasteiger partial charge >= 0.3 is 0 Å². The zero-order chi connectivity index (χ0) is 14.5. The van der Waals surface area contributed by atoms with E-state index < -0.39 is 0 Å². The van der Waals surface area contributed by atoms with E-state index in [-0.39, 0.29) is 0 Å². The molecule has 0 radical (unpaired) electrons. The molecule has 1 aliphatic rings. The van der Waals surface area contributed by atoms with Gasteiger partial charge in [0.2, 0.25) is 0 Å². The van der Waals surface area contributed by atoms with Crippen molar-refractivity contribution in [3.8, 4) is 5.69 Å². The molecule has 1 fully saturated rings. The summed E-state index contributed by atoms with van der Waals surface area (Å²) in [7, 11) is 0. The van der Waals surface area contributed by atoms with Gasteiger partial charge in [0.15, 0.2) is 0 Å². The number of nitrogens with one attached hydrogen (secondary N) is 1. The van der Waals surface area contributed by atoms with Crippen LogP contribution in [-0.4, -0.2) is 27.3 Å². The van der Waals surface area contributed by atoms with Crippen molar-refractivity contribution in [2.75, 3.05) is 6.26 Å². The van der Waals surface area contributed by atoms with Gasteiger partial charge < -0.3 is 5.32 Å². The third kappa shape index (κ3) is 3.89. The summed E-state index contributed by atoms with van der Waals surface area (Å²) in [5.74, 6) is 0. The standard InChI is InChI=1S/C17H23N3S/c1-21-17-9-5-15(6-10-17)18-13-14-3-7-16(8-4-14)20-12-2-11-19-20/h2-4,7-8,11-12,15,17-18H,5-6,9-10,13H2,1H3. The highest BCUT2D eigenvalue weighted by molar-refractivity contribution is 7.99. The number of nitrogens with zero attached hydrogens (tertiary/aromatic N) is 2. The predicted octanol–water partition coefficient (Wildman–Crippen LogP) is 3.64. The normalized spacial score (nSPS) is 22.3. The third-order valence-corrected chi connectivity index (χ3v) is 5.45. The Balaban J connectivity index is 1.50. The van der Waals surface area contributed by atoms with Crippen LogP contribution in [0.15, 0.2) is 42.7 Å². The van der Waals surface area contributed by atoms with Crippen molar-refractivity contribution in [1.82, 2.24) is 15.1 Å². The first-order valence-electron chi connectivity index (χ1n) is 7.70. The molecule has 1 saturated carbocycles. The zero-order valence-corrected chi connectivity index (χ0v) is 13.4. The molecule has 1 aliphatic carbocycles. The molecule has 1 heterocycles. The fourth-order valence-corrected chi connectivity index (χ4v) is 3.70. The SMILES string of the molecule is CSC1CCC(NCc2ccc(-n3cccn3)cc2)CC1. The van der Waals surface area contributed by atoms with Crippen molar-refractivity contribution in [2.24, 2.45) is 0 Å². The molecule has 4 heteroatoms. The van der Waals surface area contributed by atoms with Gasteiger partial charge in [0.25, 0.3) is 0 Å². The summed E-state index contributed by atoms with van der Waals surface area (Å²) < 4.78 is 1.89. The molecule has 1 aromatic heterocycles. The molecule has 1 aromatic carbocycles. The summed E-state index contributed by atoms with van der Waals surface area (Å²) in [6.45, 7) is 0.966. The van der Waals surface area contributed by atoms with Crippen molar-refractivity contribution in [1.29, 1.82) is 0 Å². The van der Waals surface area contributed by atoms with Gasteiger partial charge in [-0.2, -0.15) is 16.9 Å². The lowest BCUT2D eigenvalue weighted by Gasteiger charge is -2.28. The number of hydrogen-bond donors (Lipinski definition) is 1. The topological polar surface area (TPSA) is 29.9 Å². The van der Waals surface area contributed by atoms with Gasteiger partial charge in [-0.3, -0.25) is 0 Å². The van der Waals surface area contributed by atoms with Crippen molar-refractivity contribution in [2.45, 2.75) is 43.5 Å². The summed E-state index contributed by atoms with van der Waals surface area (Å²) in [6.07, 6.45) is 11.4. The lowest BCUT2D eigenvalue weighted by Crippen LogP contribution is -2.33. The number of benzene rings is 1. The van der Waals surface area contributed by atoms with E-state index in [1.807, 2.05) is 28.7 Å². The molecule has 0 amide bonds. The van der Waals surface area contributed by atoms with Gasteiger partial charge in [0.05, 0.1) is 5.69 Å². The Kier molecular flexibility index (Phi) is 4.99. The highest BCUT2D eigenvalue weighted by Gasteiger charge is 2.19. The van der Waals surface area contributed by atoms with Crippen LogP contribution in [0, 0.1) is 0 Å². The number of hydrogen-bond acceptors (Lipinski definition) is 3. The fraction of sp³-hybridized carbons (Fsp3) is 0.471. The van der Waals surface area contributed by atoms with E-state index in [1.165, 1.54) is 31.2 Å². The Morgan fingerprint density at radius 3 is 2.57 bits per heavy atom. The predicted molar refractivity (Wildman–Crippen MR) is 90.0 cm³/mol. The van der Waals surface area contributed by atoms with Crippen LogP contribution in [0.2, 0.25) is 0 Å². The summed E-state index contributed by atoms with van der Waals surface area (Å²) in [4.78, 5) is 0. The summed E-state index contributed by atoms with van der Waals surface area (Å²) in [5, 5.41) is 8.84. The number of aromatic nitrogens is 2. The van der Waals surface area contributed by atoms with E-state index in [9.17, 15) is 0 Å². The minimum Gasteiger partial charge on any atom is -0.310 e. The maximum Gasteiger partial charge on any atom is 0.0645 e. The Morgan fingerprint density at radius 1 is 1.19 bits per heavy atom. The number of rotatable bonds is 5. The Labute approximate surface area is 131 Å². The van der Waals surface area contributed by atoms with Crippen molar-refractivity contribution < 1.29 is 0 Å². The van der Waals surface area contributed by atoms with Crippen LogP contribution in [0.25, 0.3) is 5.69 Å².